The maximum atomic E-state index is 12.7. The Hall–Kier alpha value is -2.63. The lowest BCUT2D eigenvalue weighted by molar-refractivity contribution is 0.0763. The highest BCUT2D eigenvalue weighted by molar-refractivity contribution is 5.95. The van der Waals surface area contributed by atoms with E-state index in [4.69, 9.17) is 0 Å². The average molecular weight is 340 g/mol. The number of aromatic amines is 1. The molecule has 1 aromatic carbocycles. The second-order valence-corrected chi connectivity index (χ2v) is 7.22. The molecule has 6 heteroatoms. The number of H-pyrrole nitrogens is 1. The lowest BCUT2D eigenvalue weighted by Crippen LogP contribution is -2.48. The molecule has 0 bridgehead atoms. The molecule has 1 aromatic heterocycles. The van der Waals surface area contributed by atoms with Crippen molar-refractivity contribution in [1.82, 2.24) is 20.4 Å². The van der Waals surface area contributed by atoms with E-state index in [1.165, 1.54) is 0 Å². The van der Waals surface area contributed by atoms with Crippen LogP contribution in [0.15, 0.2) is 36.4 Å². The molecule has 1 fully saturated rings. The number of likely N-dealkylation sites (tertiary alicyclic amines) is 1. The molecular formula is C19H24N4O2. The zero-order valence-corrected chi connectivity index (χ0v) is 14.9. The number of nitrogens with one attached hydrogen (secondary N) is 2. The first kappa shape index (κ1) is 17.2. The lowest BCUT2D eigenvalue weighted by Gasteiger charge is -2.26. The highest BCUT2D eigenvalue weighted by Gasteiger charge is 2.38. The third kappa shape index (κ3) is 3.73. The average Bonchev–Trinajstić information content (AvgIpc) is 3.22. The number of hydrogen-bond acceptors (Lipinski definition) is 3. The molecule has 0 saturated carbocycles. The summed E-state index contributed by atoms with van der Waals surface area (Å²) >= 11 is 0. The summed E-state index contributed by atoms with van der Waals surface area (Å²) in [6.07, 6.45) is 0.721. The van der Waals surface area contributed by atoms with E-state index in [9.17, 15) is 9.59 Å². The molecule has 1 saturated heterocycles. The molecule has 1 aliphatic heterocycles. The number of aromatic nitrogens is 2. The predicted octanol–water partition coefficient (Wildman–Crippen LogP) is 2.57. The van der Waals surface area contributed by atoms with E-state index in [1.54, 1.807) is 17.0 Å². The molecule has 0 unspecified atom stereocenters. The molecule has 25 heavy (non-hydrogen) atoms. The number of carbonyl (C=O) groups is 2. The first-order valence-electron chi connectivity index (χ1n) is 8.60. The van der Waals surface area contributed by atoms with Crippen LogP contribution in [-0.2, 0) is 0 Å². The molecule has 0 spiro atoms. The van der Waals surface area contributed by atoms with Crippen LogP contribution in [-0.4, -0.2) is 45.5 Å². The van der Waals surface area contributed by atoms with Crippen LogP contribution in [0, 0.1) is 0 Å². The predicted molar refractivity (Wildman–Crippen MR) is 95.5 cm³/mol. The summed E-state index contributed by atoms with van der Waals surface area (Å²) in [5.41, 5.74) is 1.58. The number of nitrogens with zero attached hydrogens (tertiary/aromatic N) is 2. The SMILES string of the molecule is CC(C)c1cc(C(=O)N2CC[C@](C)(NC(=O)c3ccccc3)C2)n[nH]1. The fourth-order valence-electron chi connectivity index (χ4n) is 3.08. The summed E-state index contributed by atoms with van der Waals surface area (Å²) in [5.74, 6) is 0.0863. The van der Waals surface area contributed by atoms with E-state index in [0.717, 1.165) is 12.1 Å². The molecule has 2 N–H and O–H groups in total. The highest BCUT2D eigenvalue weighted by Crippen LogP contribution is 2.23. The fourth-order valence-corrected chi connectivity index (χ4v) is 3.08. The van der Waals surface area contributed by atoms with Gasteiger partial charge >= 0.3 is 0 Å². The van der Waals surface area contributed by atoms with E-state index < -0.39 is 5.54 Å². The summed E-state index contributed by atoms with van der Waals surface area (Å²) in [6.45, 7) is 7.16. The molecule has 6 nitrogen and oxygen atoms in total. The standard InChI is InChI=1S/C19H24N4O2/c1-13(2)15-11-16(22-21-15)18(25)23-10-9-19(3,12-23)20-17(24)14-7-5-4-6-8-14/h4-8,11,13H,9-10,12H2,1-3H3,(H,20,24)(H,21,22)/t19-/m0/s1. The quantitative estimate of drug-likeness (QED) is 0.898. The largest absolute Gasteiger partial charge is 0.345 e. The van der Waals surface area contributed by atoms with Crippen molar-refractivity contribution in [3.8, 4) is 0 Å². The van der Waals surface area contributed by atoms with Gasteiger partial charge in [-0.3, -0.25) is 14.7 Å². The first-order chi connectivity index (χ1) is 11.9. The Balaban J connectivity index is 1.65. The van der Waals surface area contributed by atoms with E-state index in [1.807, 2.05) is 45.0 Å². The molecule has 1 atom stereocenters. The Bertz CT molecular complexity index is 769. The third-order valence-electron chi connectivity index (χ3n) is 4.65. The molecule has 3 rings (SSSR count). The molecule has 2 heterocycles. The van der Waals surface area contributed by atoms with Crippen LogP contribution in [0.5, 0.6) is 0 Å². The minimum atomic E-state index is -0.431. The maximum Gasteiger partial charge on any atom is 0.274 e. The topological polar surface area (TPSA) is 78.1 Å². The van der Waals surface area contributed by atoms with Crippen LogP contribution in [0.3, 0.4) is 0 Å². The smallest absolute Gasteiger partial charge is 0.274 e. The summed E-state index contributed by atoms with van der Waals surface area (Å²) in [5, 5.41) is 10.1. The van der Waals surface area contributed by atoms with Gasteiger partial charge in [0.15, 0.2) is 0 Å². The van der Waals surface area contributed by atoms with Crippen molar-refractivity contribution < 1.29 is 9.59 Å². The van der Waals surface area contributed by atoms with Gasteiger partial charge in [0.1, 0.15) is 5.69 Å². The third-order valence-corrected chi connectivity index (χ3v) is 4.65. The number of amides is 2. The van der Waals surface area contributed by atoms with Gasteiger partial charge in [-0.2, -0.15) is 5.10 Å². The van der Waals surface area contributed by atoms with E-state index in [2.05, 4.69) is 15.5 Å². The van der Waals surface area contributed by atoms with Crippen LogP contribution >= 0.6 is 0 Å². The van der Waals surface area contributed by atoms with Crippen LogP contribution < -0.4 is 5.32 Å². The fraction of sp³-hybridized carbons (Fsp3) is 0.421. The van der Waals surface area contributed by atoms with Gasteiger partial charge < -0.3 is 10.2 Å². The van der Waals surface area contributed by atoms with E-state index >= 15 is 0 Å². The minimum absolute atomic E-state index is 0.0964. The first-order valence-corrected chi connectivity index (χ1v) is 8.60. The monoisotopic (exact) mass is 340 g/mol. The van der Waals surface area contributed by atoms with Crippen LogP contribution in [0.1, 0.15) is 59.7 Å². The second-order valence-electron chi connectivity index (χ2n) is 7.22. The second kappa shape index (κ2) is 6.70. The summed E-state index contributed by atoms with van der Waals surface area (Å²) in [6, 6.07) is 10.9. The van der Waals surface area contributed by atoms with Gasteiger partial charge in [0.05, 0.1) is 5.54 Å². The van der Waals surface area contributed by atoms with Crippen LogP contribution in [0.25, 0.3) is 0 Å². The Morgan fingerprint density at radius 3 is 2.64 bits per heavy atom. The zero-order chi connectivity index (χ0) is 18.0. The van der Waals surface area contributed by atoms with Crippen molar-refractivity contribution in [3.05, 3.63) is 53.3 Å². The molecule has 0 aliphatic carbocycles. The van der Waals surface area contributed by atoms with Crippen LogP contribution in [0.2, 0.25) is 0 Å². The van der Waals surface area contributed by atoms with Gasteiger partial charge in [0.25, 0.3) is 11.8 Å². The summed E-state index contributed by atoms with van der Waals surface area (Å²) in [7, 11) is 0. The number of hydrogen-bond donors (Lipinski definition) is 2. The number of carbonyl (C=O) groups excluding carboxylic acids is 2. The normalized spacial score (nSPS) is 20.1. The van der Waals surface area contributed by atoms with Gasteiger partial charge in [-0.1, -0.05) is 32.0 Å². The van der Waals surface area contributed by atoms with Gasteiger partial charge in [-0.05, 0) is 37.5 Å². The Labute approximate surface area is 147 Å². The number of benzene rings is 1. The van der Waals surface area contributed by atoms with Gasteiger partial charge in [0.2, 0.25) is 0 Å². The Morgan fingerprint density at radius 1 is 1.28 bits per heavy atom. The van der Waals surface area contributed by atoms with Crippen molar-refractivity contribution in [1.29, 1.82) is 0 Å². The zero-order valence-electron chi connectivity index (χ0n) is 14.9. The van der Waals surface area contributed by atoms with Crippen LogP contribution in [0.4, 0.5) is 0 Å². The Kier molecular flexibility index (Phi) is 4.61. The van der Waals surface area contributed by atoms with Gasteiger partial charge in [-0.25, -0.2) is 0 Å². The van der Waals surface area contributed by atoms with E-state index in [0.29, 0.717) is 30.3 Å². The van der Waals surface area contributed by atoms with Crippen molar-refractivity contribution in [2.24, 2.45) is 0 Å². The van der Waals surface area contributed by atoms with Crippen molar-refractivity contribution >= 4 is 11.8 Å². The van der Waals surface area contributed by atoms with Crippen molar-refractivity contribution in [2.45, 2.75) is 38.6 Å². The van der Waals surface area contributed by atoms with Crippen molar-refractivity contribution in [2.75, 3.05) is 13.1 Å². The van der Waals surface area contributed by atoms with Gasteiger partial charge in [-0.15, -0.1) is 0 Å². The molecule has 132 valence electrons. The molecule has 2 aromatic rings. The maximum absolute atomic E-state index is 12.7. The summed E-state index contributed by atoms with van der Waals surface area (Å²) < 4.78 is 0. The Morgan fingerprint density at radius 2 is 2.00 bits per heavy atom. The molecule has 0 radical (unpaired) electrons. The highest BCUT2D eigenvalue weighted by atomic mass is 16.2. The number of rotatable bonds is 4. The lowest BCUT2D eigenvalue weighted by atomic mass is 10.0. The summed E-state index contributed by atoms with van der Waals surface area (Å²) in [4.78, 5) is 26.8. The van der Waals surface area contributed by atoms with Gasteiger partial charge in [0, 0.05) is 24.3 Å². The van der Waals surface area contributed by atoms with Crippen molar-refractivity contribution in [3.63, 3.8) is 0 Å². The molecular weight excluding hydrogens is 316 g/mol. The molecule has 2 amide bonds. The van der Waals surface area contributed by atoms with E-state index in [-0.39, 0.29) is 11.8 Å². The molecule has 1 aliphatic rings. The minimum Gasteiger partial charge on any atom is -0.345 e.